The summed E-state index contributed by atoms with van der Waals surface area (Å²) in [6.07, 6.45) is 0. The molecule has 0 aliphatic rings. The van der Waals surface area contributed by atoms with E-state index in [4.69, 9.17) is 25.8 Å². The third-order valence-corrected chi connectivity index (χ3v) is 3.16. The van der Waals surface area contributed by atoms with Crippen LogP contribution >= 0.6 is 11.6 Å². The molecule has 4 nitrogen and oxygen atoms in total. The molecule has 5 heteroatoms. The SMILES string of the molecule is COCCOc1cccc(C(=O)OCc2ccc(Cl)cc2)c1. The second-order valence-corrected chi connectivity index (χ2v) is 5.01. The molecule has 2 aromatic rings. The fraction of sp³-hybridized carbons (Fsp3) is 0.235. The highest BCUT2D eigenvalue weighted by Crippen LogP contribution is 2.15. The van der Waals surface area contributed by atoms with E-state index >= 15 is 0 Å². The van der Waals surface area contributed by atoms with Gasteiger partial charge in [-0.2, -0.15) is 0 Å². The van der Waals surface area contributed by atoms with Crippen LogP contribution in [-0.4, -0.2) is 26.3 Å². The van der Waals surface area contributed by atoms with Crippen LogP contribution in [0.1, 0.15) is 15.9 Å². The number of carbonyl (C=O) groups excluding carboxylic acids is 1. The zero-order valence-electron chi connectivity index (χ0n) is 12.3. The van der Waals surface area contributed by atoms with Gasteiger partial charge in [0.05, 0.1) is 12.2 Å². The van der Waals surface area contributed by atoms with Crippen molar-refractivity contribution in [3.05, 3.63) is 64.7 Å². The third kappa shape index (κ3) is 5.06. The van der Waals surface area contributed by atoms with Crippen molar-refractivity contribution in [2.24, 2.45) is 0 Å². The molecule has 2 aromatic carbocycles. The van der Waals surface area contributed by atoms with Gasteiger partial charge in [0.2, 0.25) is 0 Å². The summed E-state index contributed by atoms with van der Waals surface area (Å²) in [7, 11) is 1.61. The van der Waals surface area contributed by atoms with Crippen LogP contribution in [0.5, 0.6) is 5.75 Å². The largest absolute Gasteiger partial charge is 0.491 e. The van der Waals surface area contributed by atoms with E-state index in [0.717, 1.165) is 5.56 Å². The Morgan fingerprint density at radius 2 is 1.86 bits per heavy atom. The van der Waals surface area contributed by atoms with Crippen LogP contribution in [0, 0.1) is 0 Å². The molecule has 0 saturated carbocycles. The van der Waals surface area contributed by atoms with Crippen molar-refractivity contribution in [2.75, 3.05) is 20.3 Å². The molecule has 0 spiro atoms. The van der Waals surface area contributed by atoms with E-state index in [-0.39, 0.29) is 6.61 Å². The van der Waals surface area contributed by atoms with Gasteiger partial charge in [-0.15, -0.1) is 0 Å². The first kappa shape index (κ1) is 16.3. The number of ether oxygens (including phenoxy) is 3. The van der Waals surface area contributed by atoms with Gasteiger partial charge in [-0.25, -0.2) is 4.79 Å². The minimum atomic E-state index is -0.396. The minimum Gasteiger partial charge on any atom is -0.491 e. The summed E-state index contributed by atoms with van der Waals surface area (Å²) in [4.78, 5) is 12.0. The fourth-order valence-corrected chi connectivity index (χ4v) is 1.89. The van der Waals surface area contributed by atoms with E-state index in [9.17, 15) is 4.79 Å². The van der Waals surface area contributed by atoms with Crippen LogP contribution in [0.3, 0.4) is 0 Å². The van der Waals surface area contributed by atoms with Crippen molar-refractivity contribution in [2.45, 2.75) is 6.61 Å². The van der Waals surface area contributed by atoms with Crippen molar-refractivity contribution in [3.63, 3.8) is 0 Å². The van der Waals surface area contributed by atoms with E-state index in [1.807, 2.05) is 12.1 Å². The average Bonchev–Trinajstić information content (AvgIpc) is 2.54. The first-order valence-electron chi connectivity index (χ1n) is 6.82. The molecular weight excluding hydrogens is 304 g/mol. The Morgan fingerprint density at radius 1 is 1.09 bits per heavy atom. The number of benzene rings is 2. The molecule has 0 bridgehead atoms. The lowest BCUT2D eigenvalue weighted by atomic mass is 10.2. The predicted molar refractivity (Wildman–Crippen MR) is 84.4 cm³/mol. The Kier molecular flexibility index (Phi) is 6.25. The maximum Gasteiger partial charge on any atom is 0.338 e. The van der Waals surface area contributed by atoms with Crippen molar-refractivity contribution in [3.8, 4) is 5.75 Å². The Balaban J connectivity index is 1.91. The Bertz CT molecular complexity index is 610. The maximum absolute atomic E-state index is 12.0. The van der Waals surface area contributed by atoms with Crippen LogP contribution < -0.4 is 4.74 Å². The van der Waals surface area contributed by atoms with E-state index < -0.39 is 5.97 Å². The van der Waals surface area contributed by atoms with Crippen LogP contribution in [0.25, 0.3) is 0 Å². The molecule has 0 fully saturated rings. The molecule has 0 amide bonds. The first-order valence-corrected chi connectivity index (χ1v) is 7.20. The summed E-state index contributed by atoms with van der Waals surface area (Å²) in [6, 6.07) is 14.0. The molecule has 116 valence electrons. The lowest BCUT2D eigenvalue weighted by molar-refractivity contribution is 0.0472. The first-order chi connectivity index (χ1) is 10.7. The van der Waals surface area contributed by atoms with E-state index in [0.29, 0.717) is 29.5 Å². The Hall–Kier alpha value is -2.04. The summed E-state index contributed by atoms with van der Waals surface area (Å²) in [5.74, 6) is 0.213. The lowest BCUT2D eigenvalue weighted by Gasteiger charge is -2.08. The molecule has 0 aliphatic heterocycles. The smallest absolute Gasteiger partial charge is 0.338 e. The molecular formula is C17H17ClO4. The highest BCUT2D eigenvalue weighted by atomic mass is 35.5. The predicted octanol–water partition coefficient (Wildman–Crippen LogP) is 3.72. The number of methoxy groups -OCH3 is 1. The summed E-state index contributed by atoms with van der Waals surface area (Å²) in [6.45, 7) is 1.12. The van der Waals surface area contributed by atoms with Crippen LogP contribution in [0.4, 0.5) is 0 Å². The number of carbonyl (C=O) groups is 1. The number of rotatable bonds is 7. The zero-order valence-corrected chi connectivity index (χ0v) is 13.0. The van der Waals surface area contributed by atoms with Gasteiger partial charge in [-0.3, -0.25) is 0 Å². The molecule has 0 radical (unpaired) electrons. The second-order valence-electron chi connectivity index (χ2n) is 4.57. The summed E-state index contributed by atoms with van der Waals surface area (Å²) < 4.78 is 15.6. The van der Waals surface area contributed by atoms with E-state index in [1.165, 1.54) is 0 Å². The maximum atomic E-state index is 12.0. The highest BCUT2D eigenvalue weighted by molar-refractivity contribution is 6.30. The normalized spacial score (nSPS) is 10.3. The number of hydrogen-bond acceptors (Lipinski definition) is 4. The molecule has 0 saturated heterocycles. The van der Waals surface area contributed by atoms with Gasteiger partial charge in [-0.05, 0) is 35.9 Å². The lowest BCUT2D eigenvalue weighted by Crippen LogP contribution is -2.07. The van der Waals surface area contributed by atoms with Crippen LogP contribution in [-0.2, 0) is 16.1 Å². The Labute approximate surface area is 134 Å². The van der Waals surface area contributed by atoms with Crippen LogP contribution in [0.2, 0.25) is 5.02 Å². The van der Waals surface area contributed by atoms with Gasteiger partial charge >= 0.3 is 5.97 Å². The minimum absolute atomic E-state index is 0.199. The van der Waals surface area contributed by atoms with Gasteiger partial charge in [0.1, 0.15) is 19.0 Å². The number of esters is 1. The number of hydrogen-bond donors (Lipinski definition) is 0. The number of halogens is 1. The molecule has 0 aromatic heterocycles. The van der Waals surface area contributed by atoms with Crippen molar-refractivity contribution >= 4 is 17.6 Å². The fourth-order valence-electron chi connectivity index (χ4n) is 1.77. The Morgan fingerprint density at radius 3 is 2.59 bits per heavy atom. The highest BCUT2D eigenvalue weighted by Gasteiger charge is 2.08. The molecule has 2 rings (SSSR count). The third-order valence-electron chi connectivity index (χ3n) is 2.91. The molecule has 0 aliphatic carbocycles. The van der Waals surface area contributed by atoms with Gasteiger partial charge < -0.3 is 14.2 Å². The van der Waals surface area contributed by atoms with Crippen molar-refractivity contribution in [1.82, 2.24) is 0 Å². The summed E-state index contributed by atoms with van der Waals surface area (Å²) in [5, 5.41) is 0.649. The zero-order chi connectivity index (χ0) is 15.8. The van der Waals surface area contributed by atoms with Crippen molar-refractivity contribution in [1.29, 1.82) is 0 Å². The quantitative estimate of drug-likeness (QED) is 0.576. The summed E-state index contributed by atoms with van der Waals surface area (Å²) >= 11 is 5.81. The molecule has 0 atom stereocenters. The standard InChI is InChI=1S/C17H17ClO4/c1-20-9-10-21-16-4-2-3-14(11-16)17(19)22-12-13-5-7-15(18)8-6-13/h2-8,11H,9-10,12H2,1H3. The van der Waals surface area contributed by atoms with Gasteiger partial charge in [0.25, 0.3) is 0 Å². The van der Waals surface area contributed by atoms with Gasteiger partial charge in [-0.1, -0.05) is 29.8 Å². The van der Waals surface area contributed by atoms with Crippen LogP contribution in [0.15, 0.2) is 48.5 Å². The average molecular weight is 321 g/mol. The van der Waals surface area contributed by atoms with Gasteiger partial charge in [0.15, 0.2) is 0 Å². The summed E-state index contributed by atoms with van der Waals surface area (Å²) in [5.41, 5.74) is 1.33. The molecule has 0 heterocycles. The van der Waals surface area contributed by atoms with Gasteiger partial charge in [0, 0.05) is 12.1 Å². The molecule has 0 unspecified atom stereocenters. The molecule has 0 N–H and O–H groups in total. The van der Waals surface area contributed by atoms with E-state index in [1.54, 1.807) is 43.5 Å². The second kappa shape index (κ2) is 8.41. The van der Waals surface area contributed by atoms with Crippen molar-refractivity contribution < 1.29 is 19.0 Å². The van der Waals surface area contributed by atoms with E-state index in [2.05, 4.69) is 0 Å². The monoisotopic (exact) mass is 320 g/mol. The topological polar surface area (TPSA) is 44.8 Å². The molecule has 22 heavy (non-hydrogen) atoms.